The highest BCUT2D eigenvalue weighted by molar-refractivity contribution is 6.09. The van der Waals surface area contributed by atoms with Crippen LogP contribution in [0.15, 0.2) is 30.9 Å². The van der Waals surface area contributed by atoms with Gasteiger partial charge >= 0.3 is 0 Å². The van der Waals surface area contributed by atoms with Crippen molar-refractivity contribution in [2.75, 3.05) is 0 Å². The molecule has 0 radical (unpaired) electrons. The lowest BCUT2D eigenvalue weighted by atomic mass is 10.0. The van der Waals surface area contributed by atoms with E-state index in [1.165, 1.54) is 0 Å². The summed E-state index contributed by atoms with van der Waals surface area (Å²) in [6.45, 7) is 4.65. The Kier molecular flexibility index (Phi) is 2.81. The third-order valence-corrected chi connectivity index (χ3v) is 2.50. The molecule has 0 bridgehead atoms. The summed E-state index contributed by atoms with van der Waals surface area (Å²) < 4.78 is 1.74. The SMILES string of the molecule is CCn1cc(C(=O)c2cnccc2C)cn1. The van der Waals surface area contributed by atoms with E-state index >= 15 is 0 Å². The number of nitrogens with zero attached hydrogens (tertiary/aromatic N) is 3. The third-order valence-electron chi connectivity index (χ3n) is 2.50. The summed E-state index contributed by atoms with van der Waals surface area (Å²) in [5, 5.41) is 4.09. The molecule has 0 fully saturated rings. The van der Waals surface area contributed by atoms with E-state index in [9.17, 15) is 4.79 Å². The number of aromatic nitrogens is 3. The number of hydrogen-bond acceptors (Lipinski definition) is 3. The first-order chi connectivity index (χ1) is 7.72. The fourth-order valence-electron chi connectivity index (χ4n) is 1.51. The first-order valence-electron chi connectivity index (χ1n) is 5.20. The van der Waals surface area contributed by atoms with Crippen molar-refractivity contribution in [1.29, 1.82) is 0 Å². The van der Waals surface area contributed by atoms with Crippen LogP contribution in [0.1, 0.15) is 28.4 Å². The van der Waals surface area contributed by atoms with Crippen LogP contribution in [0.3, 0.4) is 0 Å². The average molecular weight is 215 g/mol. The zero-order chi connectivity index (χ0) is 11.5. The number of pyridine rings is 1. The van der Waals surface area contributed by atoms with Crippen molar-refractivity contribution in [2.24, 2.45) is 0 Å². The van der Waals surface area contributed by atoms with Crippen LogP contribution < -0.4 is 0 Å². The lowest BCUT2D eigenvalue weighted by Crippen LogP contribution is -2.03. The van der Waals surface area contributed by atoms with Crippen LogP contribution in [0.2, 0.25) is 0 Å². The molecule has 0 unspecified atom stereocenters. The summed E-state index contributed by atoms with van der Waals surface area (Å²) in [4.78, 5) is 16.1. The molecule has 0 spiro atoms. The molecular formula is C12H13N3O. The van der Waals surface area contributed by atoms with Gasteiger partial charge in [-0.05, 0) is 25.5 Å². The molecule has 0 aliphatic carbocycles. The minimum Gasteiger partial charge on any atom is -0.288 e. The van der Waals surface area contributed by atoms with Crippen LogP contribution in [0, 0.1) is 6.92 Å². The van der Waals surface area contributed by atoms with Crippen molar-refractivity contribution >= 4 is 5.78 Å². The van der Waals surface area contributed by atoms with E-state index in [0.29, 0.717) is 11.1 Å². The summed E-state index contributed by atoms with van der Waals surface area (Å²) >= 11 is 0. The molecule has 2 aromatic heterocycles. The molecule has 0 amide bonds. The first-order valence-corrected chi connectivity index (χ1v) is 5.20. The molecule has 0 N–H and O–H groups in total. The second-order valence-electron chi connectivity index (χ2n) is 3.60. The summed E-state index contributed by atoms with van der Waals surface area (Å²) in [6.07, 6.45) is 6.63. The number of rotatable bonds is 3. The van der Waals surface area contributed by atoms with Gasteiger partial charge in [-0.25, -0.2) is 0 Å². The highest BCUT2D eigenvalue weighted by Gasteiger charge is 2.13. The van der Waals surface area contributed by atoms with Gasteiger partial charge < -0.3 is 0 Å². The van der Waals surface area contributed by atoms with E-state index in [1.54, 1.807) is 29.5 Å². The van der Waals surface area contributed by atoms with Gasteiger partial charge in [-0.2, -0.15) is 5.10 Å². The predicted molar refractivity (Wildman–Crippen MR) is 60.3 cm³/mol. The molecule has 4 nitrogen and oxygen atoms in total. The van der Waals surface area contributed by atoms with Gasteiger partial charge in [-0.15, -0.1) is 0 Å². The maximum Gasteiger partial charge on any atom is 0.197 e. The van der Waals surface area contributed by atoms with E-state index in [2.05, 4.69) is 10.1 Å². The zero-order valence-electron chi connectivity index (χ0n) is 9.34. The van der Waals surface area contributed by atoms with Crippen LogP contribution >= 0.6 is 0 Å². The molecule has 0 saturated heterocycles. The molecule has 0 aliphatic rings. The molecule has 16 heavy (non-hydrogen) atoms. The Morgan fingerprint density at radius 3 is 2.88 bits per heavy atom. The van der Waals surface area contributed by atoms with Crippen molar-refractivity contribution in [1.82, 2.24) is 14.8 Å². The maximum atomic E-state index is 12.1. The van der Waals surface area contributed by atoms with Crippen LogP contribution in [0.25, 0.3) is 0 Å². The number of carbonyl (C=O) groups is 1. The van der Waals surface area contributed by atoms with Crippen molar-refractivity contribution in [3.8, 4) is 0 Å². The van der Waals surface area contributed by atoms with Gasteiger partial charge in [0.2, 0.25) is 0 Å². The normalized spacial score (nSPS) is 10.4. The van der Waals surface area contributed by atoms with Crippen molar-refractivity contribution in [3.63, 3.8) is 0 Å². The lowest BCUT2D eigenvalue weighted by Gasteiger charge is -2.00. The van der Waals surface area contributed by atoms with Crippen LogP contribution in [-0.2, 0) is 6.54 Å². The van der Waals surface area contributed by atoms with E-state index < -0.39 is 0 Å². The minimum absolute atomic E-state index is 0.0229. The second kappa shape index (κ2) is 4.26. The molecule has 0 aromatic carbocycles. The Balaban J connectivity index is 2.35. The molecule has 0 atom stereocenters. The third kappa shape index (κ3) is 1.86. The number of hydrogen-bond donors (Lipinski definition) is 0. The summed E-state index contributed by atoms with van der Waals surface area (Å²) in [5.41, 5.74) is 2.18. The number of carbonyl (C=O) groups excluding carboxylic acids is 1. The molecule has 2 aromatic rings. The number of ketones is 1. The van der Waals surface area contributed by atoms with Crippen molar-refractivity contribution < 1.29 is 4.79 Å². The van der Waals surface area contributed by atoms with E-state index in [4.69, 9.17) is 0 Å². The maximum absolute atomic E-state index is 12.1. The summed E-state index contributed by atoms with van der Waals surface area (Å²) in [7, 11) is 0. The number of aryl methyl sites for hydroxylation is 2. The Hall–Kier alpha value is -1.97. The van der Waals surface area contributed by atoms with Gasteiger partial charge in [0, 0.05) is 30.7 Å². The Bertz CT molecular complexity index is 516. The Morgan fingerprint density at radius 1 is 1.44 bits per heavy atom. The van der Waals surface area contributed by atoms with Crippen molar-refractivity contribution in [2.45, 2.75) is 20.4 Å². The lowest BCUT2D eigenvalue weighted by molar-refractivity contribution is 0.103. The van der Waals surface area contributed by atoms with E-state index in [1.807, 2.05) is 19.9 Å². The average Bonchev–Trinajstić information content (AvgIpc) is 2.77. The largest absolute Gasteiger partial charge is 0.288 e. The molecule has 82 valence electrons. The van der Waals surface area contributed by atoms with Crippen LogP contribution in [-0.4, -0.2) is 20.5 Å². The Morgan fingerprint density at radius 2 is 2.25 bits per heavy atom. The molecule has 0 aliphatic heterocycles. The smallest absolute Gasteiger partial charge is 0.197 e. The fourth-order valence-corrected chi connectivity index (χ4v) is 1.51. The quantitative estimate of drug-likeness (QED) is 0.734. The van der Waals surface area contributed by atoms with Gasteiger partial charge in [0.05, 0.1) is 11.8 Å². The monoisotopic (exact) mass is 215 g/mol. The van der Waals surface area contributed by atoms with Gasteiger partial charge in [0.15, 0.2) is 5.78 Å². The molecule has 2 heterocycles. The zero-order valence-corrected chi connectivity index (χ0v) is 9.34. The van der Waals surface area contributed by atoms with E-state index in [0.717, 1.165) is 12.1 Å². The highest BCUT2D eigenvalue weighted by Crippen LogP contribution is 2.11. The van der Waals surface area contributed by atoms with Gasteiger partial charge in [-0.1, -0.05) is 0 Å². The van der Waals surface area contributed by atoms with Gasteiger partial charge in [0.1, 0.15) is 0 Å². The Labute approximate surface area is 93.9 Å². The van der Waals surface area contributed by atoms with E-state index in [-0.39, 0.29) is 5.78 Å². The predicted octanol–water partition coefficient (Wildman–Crippen LogP) is 1.84. The van der Waals surface area contributed by atoms with Crippen LogP contribution in [0.5, 0.6) is 0 Å². The summed E-state index contributed by atoms with van der Waals surface area (Å²) in [6, 6.07) is 1.83. The molecular weight excluding hydrogens is 202 g/mol. The first kappa shape index (κ1) is 10.5. The second-order valence-corrected chi connectivity index (χ2v) is 3.60. The molecule has 2 rings (SSSR count). The van der Waals surface area contributed by atoms with Crippen molar-refractivity contribution in [3.05, 3.63) is 47.5 Å². The standard InChI is InChI=1S/C12H13N3O/c1-3-15-8-10(6-14-15)12(16)11-7-13-5-4-9(11)2/h4-8H,3H2,1-2H3. The van der Waals surface area contributed by atoms with Gasteiger partial charge in [-0.3, -0.25) is 14.5 Å². The fraction of sp³-hybridized carbons (Fsp3) is 0.250. The summed E-state index contributed by atoms with van der Waals surface area (Å²) in [5.74, 6) is -0.0229. The van der Waals surface area contributed by atoms with Gasteiger partial charge in [0.25, 0.3) is 0 Å². The highest BCUT2D eigenvalue weighted by atomic mass is 16.1. The van der Waals surface area contributed by atoms with Crippen LogP contribution in [0.4, 0.5) is 0 Å². The topological polar surface area (TPSA) is 47.8 Å². The molecule has 0 saturated carbocycles. The minimum atomic E-state index is -0.0229. The molecule has 4 heteroatoms.